The van der Waals surface area contributed by atoms with E-state index < -0.39 is 0 Å². The van der Waals surface area contributed by atoms with Crippen LogP contribution in [0.15, 0.2) is 49.3 Å². The van der Waals surface area contributed by atoms with Crippen LogP contribution in [0.5, 0.6) is 0 Å². The summed E-state index contributed by atoms with van der Waals surface area (Å²) >= 11 is 6.49. The van der Waals surface area contributed by atoms with E-state index in [1.807, 2.05) is 19.3 Å². The van der Waals surface area contributed by atoms with Crippen molar-refractivity contribution in [3.05, 3.63) is 71.3 Å². The van der Waals surface area contributed by atoms with E-state index in [-0.39, 0.29) is 11.9 Å². The van der Waals surface area contributed by atoms with Crippen LogP contribution in [0.1, 0.15) is 27.8 Å². The number of aryl methyl sites for hydroxylation is 1. The molecule has 1 amide bonds. The summed E-state index contributed by atoms with van der Waals surface area (Å²) in [6.07, 6.45) is 10.2. The number of nitrogens with zero attached hydrogens (tertiary/aromatic N) is 7. The van der Waals surface area contributed by atoms with Gasteiger partial charge in [0, 0.05) is 62.4 Å². The Morgan fingerprint density at radius 1 is 1.12 bits per heavy atom. The number of aromatic nitrogens is 6. The molecule has 5 rings (SSSR count). The van der Waals surface area contributed by atoms with Crippen molar-refractivity contribution < 1.29 is 9.53 Å². The number of halogens is 1. The number of hydrogen-bond donors (Lipinski definition) is 1. The van der Waals surface area contributed by atoms with E-state index in [0.717, 1.165) is 18.7 Å². The van der Waals surface area contributed by atoms with Crippen LogP contribution in [0.4, 0.5) is 0 Å². The number of carbonyl (C=O) groups is 1. The quantitative estimate of drug-likeness (QED) is 0.449. The average molecular weight is 479 g/mol. The van der Waals surface area contributed by atoms with Gasteiger partial charge in [0.25, 0.3) is 5.91 Å². The zero-order chi connectivity index (χ0) is 23.5. The molecule has 4 aromatic rings. The molecule has 5 heterocycles. The lowest BCUT2D eigenvalue weighted by Crippen LogP contribution is -2.44. The van der Waals surface area contributed by atoms with Gasteiger partial charge < -0.3 is 10.1 Å². The Hall–Kier alpha value is -3.47. The molecule has 1 N–H and O–H groups in total. The summed E-state index contributed by atoms with van der Waals surface area (Å²) in [5.74, 6) is 0.844. The molecule has 1 unspecified atom stereocenters. The predicted octanol–water partition coefficient (Wildman–Crippen LogP) is 2.37. The zero-order valence-corrected chi connectivity index (χ0v) is 19.3. The Balaban J connectivity index is 1.45. The third-order valence-corrected chi connectivity index (χ3v) is 6.09. The minimum atomic E-state index is -0.263. The van der Waals surface area contributed by atoms with Crippen LogP contribution in [0, 0.1) is 6.92 Å². The van der Waals surface area contributed by atoms with Crippen molar-refractivity contribution in [2.45, 2.75) is 13.0 Å². The number of nitrogens with one attached hydrogen (secondary N) is 1. The fourth-order valence-corrected chi connectivity index (χ4v) is 4.30. The van der Waals surface area contributed by atoms with Gasteiger partial charge in [-0.15, -0.1) is 0 Å². The molecule has 1 aliphatic heterocycles. The fourth-order valence-electron chi connectivity index (χ4n) is 4.06. The van der Waals surface area contributed by atoms with Gasteiger partial charge in [0.1, 0.15) is 11.5 Å². The van der Waals surface area contributed by atoms with Gasteiger partial charge in [0.15, 0.2) is 0 Å². The molecule has 0 saturated carbocycles. The van der Waals surface area contributed by atoms with Crippen molar-refractivity contribution in [2.24, 2.45) is 0 Å². The summed E-state index contributed by atoms with van der Waals surface area (Å²) in [4.78, 5) is 37.4. The smallest absolute Gasteiger partial charge is 0.253 e. The van der Waals surface area contributed by atoms with Crippen molar-refractivity contribution in [2.75, 3.05) is 32.8 Å². The molecule has 0 radical (unpaired) electrons. The van der Waals surface area contributed by atoms with Crippen molar-refractivity contribution in [1.29, 1.82) is 0 Å². The standard InChI is InChI=1S/C23H23ClN8O2/c1-15-28-11-16(12-29-15)19(31-7-9-34-10-8-31)13-30-22(33)17-14-32(23-26-4-2-5-27-23)21-20(17)18(24)3-6-25-21/h2-6,11-12,14,19H,7-10,13H2,1H3,(H,30,33). The summed E-state index contributed by atoms with van der Waals surface area (Å²) in [6, 6.07) is 3.30. The van der Waals surface area contributed by atoms with E-state index in [4.69, 9.17) is 16.3 Å². The van der Waals surface area contributed by atoms with Gasteiger partial charge in [-0.1, -0.05) is 11.6 Å². The second-order valence-corrected chi connectivity index (χ2v) is 8.30. The summed E-state index contributed by atoms with van der Waals surface area (Å²) < 4.78 is 7.18. The SMILES string of the molecule is Cc1ncc(C(CNC(=O)c2cn(-c3ncccn3)c3nccc(Cl)c23)N2CCOCC2)cn1. The lowest BCUT2D eigenvalue weighted by Gasteiger charge is -2.34. The zero-order valence-electron chi connectivity index (χ0n) is 18.6. The first-order chi connectivity index (χ1) is 16.6. The number of pyridine rings is 1. The van der Waals surface area contributed by atoms with Gasteiger partial charge in [-0.25, -0.2) is 24.9 Å². The largest absolute Gasteiger partial charge is 0.379 e. The molecule has 10 nitrogen and oxygen atoms in total. The highest BCUT2D eigenvalue weighted by atomic mass is 35.5. The number of amides is 1. The maximum absolute atomic E-state index is 13.4. The maximum atomic E-state index is 13.4. The van der Waals surface area contributed by atoms with Crippen LogP contribution in [-0.2, 0) is 4.74 Å². The van der Waals surface area contributed by atoms with Gasteiger partial charge in [0.2, 0.25) is 5.95 Å². The molecule has 174 valence electrons. The van der Waals surface area contributed by atoms with Crippen LogP contribution in [0.3, 0.4) is 0 Å². The minimum Gasteiger partial charge on any atom is -0.379 e. The maximum Gasteiger partial charge on any atom is 0.253 e. The Kier molecular flexibility index (Phi) is 6.43. The third-order valence-electron chi connectivity index (χ3n) is 5.78. The molecule has 0 aliphatic carbocycles. The molecule has 11 heteroatoms. The van der Waals surface area contributed by atoms with Crippen LogP contribution in [-0.4, -0.2) is 73.1 Å². The topological polar surface area (TPSA) is 111 Å². The number of carbonyl (C=O) groups excluding carboxylic acids is 1. The van der Waals surface area contributed by atoms with Crippen molar-refractivity contribution in [1.82, 2.24) is 39.7 Å². The van der Waals surface area contributed by atoms with E-state index in [1.54, 1.807) is 41.5 Å². The van der Waals surface area contributed by atoms with Crippen LogP contribution < -0.4 is 5.32 Å². The summed E-state index contributed by atoms with van der Waals surface area (Å²) in [5.41, 5.74) is 1.86. The first kappa shape index (κ1) is 22.3. The molecule has 1 saturated heterocycles. The Labute approximate surface area is 201 Å². The second-order valence-electron chi connectivity index (χ2n) is 7.89. The van der Waals surface area contributed by atoms with Gasteiger partial charge in [-0.3, -0.25) is 14.3 Å². The normalized spacial score (nSPS) is 15.4. The van der Waals surface area contributed by atoms with Crippen LogP contribution >= 0.6 is 11.6 Å². The van der Waals surface area contributed by atoms with Crippen LogP contribution in [0.25, 0.3) is 17.0 Å². The molecule has 1 atom stereocenters. The van der Waals surface area contributed by atoms with Crippen LogP contribution in [0.2, 0.25) is 5.02 Å². The lowest BCUT2D eigenvalue weighted by atomic mass is 10.1. The molecular formula is C23H23ClN8O2. The minimum absolute atomic E-state index is 0.0900. The Bertz CT molecular complexity index is 1290. The number of ether oxygens (including phenoxy) is 1. The fraction of sp³-hybridized carbons (Fsp3) is 0.304. The van der Waals surface area contributed by atoms with Crippen molar-refractivity contribution >= 4 is 28.5 Å². The molecule has 1 fully saturated rings. The summed E-state index contributed by atoms with van der Waals surface area (Å²) in [5, 5.41) is 4.06. The number of rotatable bonds is 6. The molecule has 34 heavy (non-hydrogen) atoms. The third kappa shape index (κ3) is 4.47. The van der Waals surface area contributed by atoms with Gasteiger partial charge in [0.05, 0.1) is 35.2 Å². The highest BCUT2D eigenvalue weighted by molar-refractivity contribution is 6.36. The number of fused-ring (bicyclic) bond motifs is 1. The predicted molar refractivity (Wildman–Crippen MR) is 126 cm³/mol. The van der Waals surface area contributed by atoms with E-state index in [2.05, 4.69) is 35.1 Å². The second kappa shape index (κ2) is 9.80. The van der Waals surface area contributed by atoms with E-state index >= 15 is 0 Å². The molecule has 0 spiro atoms. The molecule has 1 aliphatic rings. The highest BCUT2D eigenvalue weighted by Crippen LogP contribution is 2.29. The molecular weight excluding hydrogens is 456 g/mol. The summed E-state index contributed by atoms with van der Waals surface area (Å²) in [6.45, 7) is 5.02. The van der Waals surface area contributed by atoms with Gasteiger partial charge in [-0.2, -0.15) is 0 Å². The Morgan fingerprint density at radius 3 is 2.59 bits per heavy atom. The number of hydrogen-bond acceptors (Lipinski definition) is 8. The average Bonchev–Trinajstić information content (AvgIpc) is 3.27. The van der Waals surface area contributed by atoms with Crippen molar-refractivity contribution in [3.63, 3.8) is 0 Å². The van der Waals surface area contributed by atoms with Crippen molar-refractivity contribution in [3.8, 4) is 5.95 Å². The lowest BCUT2D eigenvalue weighted by molar-refractivity contribution is 0.0161. The molecule has 4 aromatic heterocycles. The molecule has 0 aromatic carbocycles. The first-order valence-corrected chi connectivity index (χ1v) is 11.3. The van der Waals surface area contributed by atoms with Gasteiger partial charge >= 0.3 is 0 Å². The number of morpholine rings is 1. The van der Waals surface area contributed by atoms with E-state index in [1.165, 1.54) is 0 Å². The van der Waals surface area contributed by atoms with E-state index in [0.29, 0.717) is 53.2 Å². The van der Waals surface area contributed by atoms with Gasteiger partial charge in [-0.05, 0) is 19.1 Å². The highest BCUT2D eigenvalue weighted by Gasteiger charge is 2.26. The Morgan fingerprint density at radius 2 is 1.85 bits per heavy atom. The van der Waals surface area contributed by atoms with E-state index in [9.17, 15) is 4.79 Å². The monoisotopic (exact) mass is 478 g/mol. The first-order valence-electron chi connectivity index (χ1n) is 10.9. The summed E-state index contributed by atoms with van der Waals surface area (Å²) in [7, 11) is 0. The molecule has 0 bridgehead atoms.